The molecule has 0 aliphatic heterocycles. The summed E-state index contributed by atoms with van der Waals surface area (Å²) in [5, 5.41) is 2.99. The van der Waals surface area contributed by atoms with E-state index in [-0.39, 0.29) is 11.9 Å². The van der Waals surface area contributed by atoms with E-state index in [4.69, 9.17) is 11.8 Å². The Hall–Kier alpha value is -0.248. The maximum absolute atomic E-state index is 11.9. The Morgan fingerprint density at radius 3 is 2.95 bits per heavy atom. The fourth-order valence-corrected chi connectivity index (χ4v) is 5.48. The van der Waals surface area contributed by atoms with Crippen LogP contribution in [0.4, 0.5) is 0 Å². The number of aromatic nitrogens is 1. The van der Waals surface area contributed by atoms with Gasteiger partial charge in [-0.25, -0.2) is 0 Å². The number of hydrogen-bond donors (Lipinski definition) is 1. The normalized spacial score (nSPS) is 12.3. The summed E-state index contributed by atoms with van der Waals surface area (Å²) in [4.78, 5) is 16.0. The van der Waals surface area contributed by atoms with Crippen molar-refractivity contribution in [3.8, 4) is 9.40 Å². The van der Waals surface area contributed by atoms with E-state index in [0.717, 1.165) is 23.3 Å². The molecule has 0 aromatic carbocycles. The van der Waals surface area contributed by atoms with Crippen molar-refractivity contribution >= 4 is 44.8 Å². The monoisotopic (exact) mass is 511 g/mol. The van der Waals surface area contributed by atoms with Crippen molar-refractivity contribution < 1.29 is 4.79 Å². The molecule has 0 spiro atoms. The molecule has 0 aliphatic carbocycles. The van der Waals surface area contributed by atoms with Crippen LogP contribution in [0.25, 0.3) is 0 Å². The number of rotatable bonds is 6. The fraction of sp³-hybridized carbons (Fsp3) is 0.467. The van der Waals surface area contributed by atoms with Crippen LogP contribution in [-0.4, -0.2) is 40.0 Å². The molecule has 1 amide bonds. The van der Waals surface area contributed by atoms with Crippen molar-refractivity contribution in [3.05, 3.63) is 30.1 Å². The fourth-order valence-electron chi connectivity index (χ4n) is 1.81. The van der Waals surface area contributed by atoms with E-state index in [1.165, 1.54) is 0 Å². The number of carbonyl (C=O) groups excluding carboxylic acids is 1. The Morgan fingerprint density at radius 1 is 1.48 bits per heavy atom. The van der Waals surface area contributed by atoms with Crippen molar-refractivity contribution in [2.45, 2.75) is 39.2 Å². The standard InChI is InChI=1S/C15H19N2O.PS.Tl/c1-4-7-12(2)9-10-13(3)17-15(18)14-8-5-6-11-16-14;1-2;/h5-6,8,11-13H,7,9-10H2,2-3H3,(H,17,18);;/q;-1;+2. The zero-order valence-electron chi connectivity index (χ0n) is 12.4. The van der Waals surface area contributed by atoms with E-state index >= 15 is 0 Å². The minimum atomic E-state index is -0.889. The molecule has 1 rings (SSSR count). The molecule has 108 valence electrons. The number of nitrogens with one attached hydrogen (secondary N) is 1. The van der Waals surface area contributed by atoms with Gasteiger partial charge in [-0.1, -0.05) is 0 Å². The van der Waals surface area contributed by atoms with Gasteiger partial charge in [0.15, 0.2) is 0 Å². The Labute approximate surface area is 144 Å². The molecule has 1 heterocycles. The second kappa shape index (κ2) is 11.3. The molecule has 2 unspecified atom stereocenters. The molecule has 2 atom stereocenters. The molecule has 6 heteroatoms. The van der Waals surface area contributed by atoms with Gasteiger partial charge < -0.3 is 0 Å². The number of nitrogens with zero attached hydrogens (tertiary/aromatic N) is 1. The third-order valence-electron chi connectivity index (χ3n) is 3.04. The molecule has 1 aromatic heterocycles. The Kier molecular flexibility index (Phi) is 10.1. The van der Waals surface area contributed by atoms with Crippen LogP contribution in [0.3, 0.4) is 0 Å². The zero-order chi connectivity index (χ0) is 15.5. The topological polar surface area (TPSA) is 42.0 Å². The van der Waals surface area contributed by atoms with Crippen LogP contribution < -0.4 is 5.32 Å². The summed E-state index contributed by atoms with van der Waals surface area (Å²) in [7, 11) is 0. The molecule has 0 aliphatic rings. The Balaban J connectivity index is 2.31. The molecule has 1 aromatic rings. The summed E-state index contributed by atoms with van der Waals surface area (Å²) in [5.41, 5.74) is 0.471. The molecule has 3 nitrogen and oxygen atoms in total. The second-order valence-electron chi connectivity index (χ2n) is 5.03. The first kappa shape index (κ1) is 18.8. The predicted molar refractivity (Wildman–Crippen MR) is 92.0 cm³/mol. The van der Waals surface area contributed by atoms with Gasteiger partial charge in [-0.3, -0.25) is 0 Å². The van der Waals surface area contributed by atoms with Crippen LogP contribution in [0.2, 0.25) is 0 Å². The molecule has 0 radical (unpaired) electrons. The molecular weight excluding hydrogens is 492 g/mol. The van der Waals surface area contributed by atoms with Gasteiger partial charge in [-0.05, 0) is 6.07 Å². The number of amides is 1. The van der Waals surface area contributed by atoms with Crippen molar-refractivity contribution in [1.29, 1.82) is 0 Å². The zero-order valence-corrected chi connectivity index (χ0v) is 18.6. The number of hydrogen-bond acceptors (Lipinski definition) is 3. The quantitative estimate of drug-likeness (QED) is 0.364. The summed E-state index contributed by atoms with van der Waals surface area (Å²) in [5.74, 6) is 3.71. The van der Waals surface area contributed by atoms with Gasteiger partial charge in [0, 0.05) is 0 Å². The summed E-state index contributed by atoms with van der Waals surface area (Å²) in [6, 6.07) is 5.50. The number of pyridine rings is 1. The molecule has 0 saturated heterocycles. The summed E-state index contributed by atoms with van der Waals surface area (Å²) >= 11 is 4.02. The van der Waals surface area contributed by atoms with Gasteiger partial charge >= 0.3 is 138 Å². The van der Waals surface area contributed by atoms with E-state index < -0.39 is 23.1 Å². The van der Waals surface area contributed by atoms with Crippen LogP contribution in [0.5, 0.6) is 0 Å². The van der Waals surface area contributed by atoms with Gasteiger partial charge in [-0.2, -0.15) is 0 Å². The second-order valence-corrected chi connectivity index (χ2v) is 17.6. The van der Waals surface area contributed by atoms with Crippen LogP contribution in [0.15, 0.2) is 24.4 Å². The molecule has 1 N–H and O–H groups in total. The minimum absolute atomic E-state index is 0.103. The first-order valence-corrected chi connectivity index (χ1v) is 17.2. The Morgan fingerprint density at radius 2 is 2.29 bits per heavy atom. The molecule has 0 bridgehead atoms. The molecule has 0 fully saturated rings. The average Bonchev–Trinajstić information content (AvgIpc) is 2.50. The SMILES string of the molecule is CC(CC#[C][Tl]=[P+]=S)CCC(C)NC(=O)c1ccccn1. The predicted octanol–water partition coefficient (Wildman–Crippen LogP) is 2.99. The van der Waals surface area contributed by atoms with Crippen molar-refractivity contribution in [2.75, 3.05) is 0 Å². The third kappa shape index (κ3) is 8.70. The van der Waals surface area contributed by atoms with Gasteiger partial charge in [-0.15, -0.1) is 0 Å². The summed E-state index contributed by atoms with van der Waals surface area (Å²) < 4.78 is 4.39. The van der Waals surface area contributed by atoms with Crippen molar-refractivity contribution in [3.63, 3.8) is 0 Å². The first-order chi connectivity index (χ1) is 10.1. The molecular formula is C15H19N2OPSTl+. The average molecular weight is 511 g/mol. The van der Waals surface area contributed by atoms with E-state index in [2.05, 4.69) is 26.6 Å². The van der Waals surface area contributed by atoms with E-state index in [0.29, 0.717) is 11.6 Å². The molecule has 21 heavy (non-hydrogen) atoms. The summed E-state index contributed by atoms with van der Waals surface area (Å²) in [6.45, 7) is 4.24. The van der Waals surface area contributed by atoms with Crippen LogP contribution in [-0.2, 0) is 11.8 Å². The maximum atomic E-state index is 11.9. The van der Waals surface area contributed by atoms with Gasteiger partial charge in [0.05, 0.1) is 0 Å². The van der Waals surface area contributed by atoms with E-state index in [1.807, 2.05) is 13.0 Å². The third-order valence-corrected chi connectivity index (χ3v) is 9.58. The van der Waals surface area contributed by atoms with Gasteiger partial charge in [0.2, 0.25) is 0 Å². The van der Waals surface area contributed by atoms with Gasteiger partial charge in [0.25, 0.3) is 0 Å². The molecule has 0 saturated carbocycles. The van der Waals surface area contributed by atoms with Crippen LogP contribution >= 0.6 is 4.00 Å². The number of carbonyl (C=O) groups is 1. The van der Waals surface area contributed by atoms with E-state index in [9.17, 15) is 4.79 Å². The van der Waals surface area contributed by atoms with Crippen LogP contribution in [0.1, 0.15) is 43.6 Å². The van der Waals surface area contributed by atoms with Gasteiger partial charge in [0.1, 0.15) is 0 Å². The van der Waals surface area contributed by atoms with Crippen LogP contribution in [0, 0.1) is 15.3 Å². The summed E-state index contributed by atoms with van der Waals surface area (Å²) in [6.07, 6.45) is 4.61. The van der Waals surface area contributed by atoms with Crippen molar-refractivity contribution in [2.24, 2.45) is 5.92 Å². The first-order valence-electron chi connectivity index (χ1n) is 6.98. The van der Waals surface area contributed by atoms with E-state index in [1.54, 1.807) is 18.3 Å². The van der Waals surface area contributed by atoms with Crippen molar-refractivity contribution in [1.82, 2.24) is 10.3 Å². The Bertz CT molecular complexity index is 564.